The number of ether oxygens (including phenoxy) is 1. The lowest BCUT2D eigenvalue weighted by atomic mass is 10.1. The van der Waals surface area contributed by atoms with Gasteiger partial charge in [-0.3, -0.25) is 9.59 Å². The predicted octanol–water partition coefficient (Wildman–Crippen LogP) is 4.64. The van der Waals surface area contributed by atoms with E-state index in [2.05, 4.69) is 43.2 Å². The molecule has 6 nitrogen and oxygen atoms in total. The lowest BCUT2D eigenvalue weighted by Crippen LogP contribution is -2.10. The van der Waals surface area contributed by atoms with E-state index in [1.807, 2.05) is 0 Å². The summed E-state index contributed by atoms with van der Waals surface area (Å²) in [6.07, 6.45) is 0.243. The number of nitriles is 1. The van der Waals surface area contributed by atoms with E-state index in [0.717, 1.165) is 0 Å². The quantitative estimate of drug-likeness (QED) is 0.582. The van der Waals surface area contributed by atoms with Crippen molar-refractivity contribution < 1.29 is 19.4 Å². The Kier molecular flexibility index (Phi) is 7.39. The van der Waals surface area contributed by atoms with Crippen molar-refractivity contribution in [3.05, 3.63) is 56.0 Å². The highest BCUT2D eigenvalue weighted by atomic mass is 79.9. The summed E-state index contributed by atoms with van der Waals surface area (Å²) in [7, 11) is 0. The van der Waals surface area contributed by atoms with Crippen molar-refractivity contribution >= 4 is 49.4 Å². The minimum atomic E-state index is -0.919. The van der Waals surface area contributed by atoms with E-state index in [1.54, 1.807) is 37.3 Å². The zero-order chi connectivity index (χ0) is 20.0. The van der Waals surface area contributed by atoms with Gasteiger partial charge in [0.25, 0.3) is 0 Å². The third-order valence-corrected chi connectivity index (χ3v) is 4.70. The molecule has 0 spiro atoms. The highest BCUT2D eigenvalue weighted by Gasteiger charge is 2.12. The fraction of sp³-hybridized carbons (Fsp3) is 0.211. The zero-order valence-corrected chi connectivity index (χ0v) is 17.6. The zero-order valence-electron chi connectivity index (χ0n) is 14.4. The van der Waals surface area contributed by atoms with Crippen LogP contribution in [0.1, 0.15) is 30.0 Å². The summed E-state index contributed by atoms with van der Waals surface area (Å²) in [5.41, 5.74) is 2.30. The number of hydrogen-bond donors (Lipinski definition) is 2. The van der Waals surface area contributed by atoms with Gasteiger partial charge in [-0.2, -0.15) is 5.26 Å². The van der Waals surface area contributed by atoms with Gasteiger partial charge >= 0.3 is 5.97 Å². The average Bonchev–Trinajstić information content (AvgIpc) is 2.60. The van der Waals surface area contributed by atoms with Crippen molar-refractivity contribution in [2.24, 2.45) is 0 Å². The first-order valence-corrected chi connectivity index (χ1v) is 9.57. The molecule has 0 aliphatic carbocycles. The summed E-state index contributed by atoms with van der Waals surface area (Å²) in [4.78, 5) is 22.4. The van der Waals surface area contributed by atoms with Crippen LogP contribution in [-0.2, 0) is 22.6 Å². The molecule has 0 aliphatic heterocycles. The Morgan fingerprint density at radius 3 is 2.37 bits per heavy atom. The number of hydrogen-bond acceptors (Lipinski definition) is 4. The number of carboxylic acids is 1. The third kappa shape index (κ3) is 6.08. The fourth-order valence-electron chi connectivity index (χ4n) is 2.34. The number of carbonyl (C=O) groups excluding carboxylic acids is 1. The van der Waals surface area contributed by atoms with Crippen LogP contribution in [0.15, 0.2) is 39.3 Å². The lowest BCUT2D eigenvalue weighted by Gasteiger charge is -2.13. The van der Waals surface area contributed by atoms with Gasteiger partial charge in [-0.05, 0) is 73.3 Å². The highest BCUT2D eigenvalue weighted by Crippen LogP contribution is 2.35. The molecule has 27 heavy (non-hydrogen) atoms. The fourth-order valence-corrected chi connectivity index (χ4v) is 3.85. The van der Waals surface area contributed by atoms with Crippen LogP contribution in [0.4, 0.5) is 5.69 Å². The van der Waals surface area contributed by atoms with Crippen molar-refractivity contribution in [1.82, 2.24) is 0 Å². The van der Waals surface area contributed by atoms with Crippen molar-refractivity contribution in [3.8, 4) is 11.8 Å². The summed E-state index contributed by atoms with van der Waals surface area (Å²) in [6, 6.07) is 10.5. The Morgan fingerprint density at radius 1 is 1.15 bits per heavy atom. The standard InChI is InChI=1S/C19H16Br2N2O4/c1-2-17(24)23-14-4-12(9-22)3-13(5-14)10-27-19-15(20)6-11(7-16(19)21)8-18(25)26/h3-7H,2,8,10H2,1H3,(H,23,24)(H,25,26). The predicted molar refractivity (Wildman–Crippen MR) is 108 cm³/mol. The van der Waals surface area contributed by atoms with E-state index >= 15 is 0 Å². The monoisotopic (exact) mass is 494 g/mol. The Bertz CT molecular complexity index is 899. The van der Waals surface area contributed by atoms with Gasteiger partial charge in [0.1, 0.15) is 12.4 Å². The summed E-state index contributed by atoms with van der Waals surface area (Å²) in [5, 5.41) is 20.8. The number of aliphatic carboxylic acids is 1. The van der Waals surface area contributed by atoms with Gasteiger partial charge in [0.05, 0.1) is 27.0 Å². The molecule has 0 saturated carbocycles. The van der Waals surface area contributed by atoms with Gasteiger partial charge in [-0.25, -0.2) is 0 Å². The second-order valence-corrected chi connectivity index (χ2v) is 7.39. The smallest absolute Gasteiger partial charge is 0.307 e. The number of carbonyl (C=O) groups is 2. The number of nitrogens with one attached hydrogen (secondary N) is 1. The Balaban J connectivity index is 2.21. The molecular formula is C19H16Br2N2O4. The molecule has 2 rings (SSSR count). The van der Waals surface area contributed by atoms with Gasteiger partial charge < -0.3 is 15.2 Å². The highest BCUT2D eigenvalue weighted by molar-refractivity contribution is 9.11. The van der Waals surface area contributed by atoms with E-state index in [1.165, 1.54) is 0 Å². The van der Waals surface area contributed by atoms with Crippen LogP contribution >= 0.6 is 31.9 Å². The molecule has 1 amide bonds. The molecule has 140 valence electrons. The first-order chi connectivity index (χ1) is 12.8. The molecule has 0 atom stereocenters. The summed E-state index contributed by atoms with van der Waals surface area (Å²) < 4.78 is 7.07. The van der Waals surface area contributed by atoms with Gasteiger partial charge in [-0.1, -0.05) is 6.92 Å². The molecule has 0 fully saturated rings. The first kappa shape index (κ1) is 20.9. The molecule has 2 aromatic rings. The topological polar surface area (TPSA) is 99.4 Å². The maximum Gasteiger partial charge on any atom is 0.307 e. The second kappa shape index (κ2) is 9.53. The van der Waals surface area contributed by atoms with E-state index < -0.39 is 5.97 Å². The van der Waals surface area contributed by atoms with Gasteiger partial charge in [0.2, 0.25) is 5.91 Å². The molecule has 2 aromatic carbocycles. The largest absolute Gasteiger partial charge is 0.487 e. The van der Waals surface area contributed by atoms with E-state index in [9.17, 15) is 14.9 Å². The Hall–Kier alpha value is -2.37. The number of anilines is 1. The molecule has 2 N–H and O–H groups in total. The molecule has 0 aliphatic rings. The SMILES string of the molecule is CCC(=O)Nc1cc(C#N)cc(COc2c(Br)cc(CC(=O)O)cc2Br)c1. The maximum absolute atomic E-state index is 11.6. The maximum atomic E-state index is 11.6. The number of nitrogens with zero attached hydrogens (tertiary/aromatic N) is 1. The summed E-state index contributed by atoms with van der Waals surface area (Å²) in [5.74, 6) is -0.542. The molecule has 0 aromatic heterocycles. The molecular weight excluding hydrogens is 480 g/mol. The van der Waals surface area contributed by atoms with Gasteiger partial charge in [-0.15, -0.1) is 0 Å². The molecule has 8 heteroatoms. The average molecular weight is 496 g/mol. The van der Waals surface area contributed by atoms with Crippen LogP contribution in [0.5, 0.6) is 5.75 Å². The number of rotatable bonds is 7. The number of carboxylic acid groups (broad SMARTS) is 1. The van der Waals surface area contributed by atoms with Crippen molar-refractivity contribution in [3.63, 3.8) is 0 Å². The van der Waals surface area contributed by atoms with Crippen LogP contribution in [0.25, 0.3) is 0 Å². The summed E-state index contributed by atoms with van der Waals surface area (Å²) >= 11 is 6.78. The minimum Gasteiger partial charge on any atom is -0.487 e. The van der Waals surface area contributed by atoms with Gasteiger partial charge in [0, 0.05) is 12.1 Å². The normalized spacial score (nSPS) is 10.1. The van der Waals surface area contributed by atoms with Crippen molar-refractivity contribution in [1.29, 1.82) is 5.26 Å². The minimum absolute atomic E-state index is 0.0951. The van der Waals surface area contributed by atoms with Crippen LogP contribution in [0, 0.1) is 11.3 Å². The number of amides is 1. The van der Waals surface area contributed by atoms with Crippen LogP contribution < -0.4 is 10.1 Å². The molecule has 0 radical (unpaired) electrons. The first-order valence-electron chi connectivity index (χ1n) is 7.98. The van der Waals surface area contributed by atoms with E-state index in [4.69, 9.17) is 9.84 Å². The molecule has 0 unspecified atom stereocenters. The molecule has 0 heterocycles. The molecule has 0 bridgehead atoms. The van der Waals surface area contributed by atoms with Crippen molar-refractivity contribution in [2.75, 3.05) is 5.32 Å². The van der Waals surface area contributed by atoms with E-state index in [0.29, 0.717) is 43.5 Å². The Morgan fingerprint density at radius 2 is 1.81 bits per heavy atom. The van der Waals surface area contributed by atoms with Gasteiger partial charge in [0.15, 0.2) is 0 Å². The van der Waals surface area contributed by atoms with Crippen LogP contribution in [0.2, 0.25) is 0 Å². The van der Waals surface area contributed by atoms with Crippen LogP contribution in [-0.4, -0.2) is 17.0 Å². The summed E-state index contributed by atoms with van der Waals surface area (Å²) in [6.45, 7) is 1.91. The number of halogens is 2. The third-order valence-electron chi connectivity index (χ3n) is 3.52. The second-order valence-electron chi connectivity index (χ2n) is 5.68. The lowest BCUT2D eigenvalue weighted by molar-refractivity contribution is -0.136. The Labute approximate surface area is 173 Å². The number of benzene rings is 2. The van der Waals surface area contributed by atoms with Crippen molar-refractivity contribution in [2.45, 2.75) is 26.4 Å². The van der Waals surface area contributed by atoms with E-state index in [-0.39, 0.29) is 18.9 Å². The van der Waals surface area contributed by atoms with Crippen LogP contribution in [0.3, 0.4) is 0 Å². The molecule has 0 saturated heterocycles.